The van der Waals surface area contributed by atoms with Crippen LogP contribution in [0.4, 0.5) is 22.7 Å². The van der Waals surface area contributed by atoms with Crippen LogP contribution in [0.2, 0.25) is 0 Å². The molecule has 3 nitrogen and oxygen atoms in total. The third-order valence-corrected chi connectivity index (χ3v) is 9.38. The zero-order valence-electron chi connectivity index (χ0n) is 26.0. The highest BCUT2D eigenvalue weighted by Gasteiger charge is 2.40. The highest BCUT2D eigenvalue weighted by atomic mass is 15.2. The summed E-state index contributed by atoms with van der Waals surface area (Å²) < 4.78 is 0. The van der Waals surface area contributed by atoms with Gasteiger partial charge in [0, 0.05) is 28.1 Å². The number of benzene rings is 7. The van der Waals surface area contributed by atoms with Crippen molar-refractivity contribution in [3.05, 3.63) is 193 Å². The van der Waals surface area contributed by atoms with Gasteiger partial charge < -0.3 is 16.4 Å². The standard InChI is InChI=1S/C44H35N3/c45-36-22-20-35(21-23-36)38-25-24-37(46)30-41(38)44(28-26-32(27-29-44)31-10-2-1-3-11-31)47(42-18-8-14-33-12-4-6-16-39(33)42)43-19-9-15-34-13-5-7-17-40(34)43/h1-30,32H,45-46H2. The monoisotopic (exact) mass is 605 g/mol. The molecular formula is C44H35N3. The Morgan fingerprint density at radius 2 is 1.02 bits per heavy atom. The first-order valence-corrected chi connectivity index (χ1v) is 16.1. The first-order chi connectivity index (χ1) is 23.1. The number of nitrogens with zero attached hydrogens (tertiary/aromatic N) is 1. The van der Waals surface area contributed by atoms with E-state index in [1.807, 2.05) is 18.2 Å². The molecule has 7 aromatic rings. The summed E-state index contributed by atoms with van der Waals surface area (Å²) in [7, 11) is 0. The van der Waals surface area contributed by atoms with Crippen LogP contribution < -0.4 is 16.4 Å². The summed E-state index contributed by atoms with van der Waals surface area (Å²) in [5.41, 5.74) is 20.3. The molecule has 1 aliphatic carbocycles. The van der Waals surface area contributed by atoms with Crippen LogP contribution in [0.25, 0.3) is 32.7 Å². The fourth-order valence-corrected chi connectivity index (χ4v) is 7.11. The fourth-order valence-electron chi connectivity index (χ4n) is 7.11. The summed E-state index contributed by atoms with van der Waals surface area (Å²) >= 11 is 0. The molecule has 0 aliphatic heterocycles. The Kier molecular flexibility index (Phi) is 7.08. The van der Waals surface area contributed by atoms with Crippen molar-refractivity contribution in [3.8, 4) is 11.1 Å². The largest absolute Gasteiger partial charge is 0.399 e. The minimum absolute atomic E-state index is 0.132. The molecule has 3 heteroatoms. The Morgan fingerprint density at radius 1 is 0.489 bits per heavy atom. The molecule has 47 heavy (non-hydrogen) atoms. The van der Waals surface area contributed by atoms with Crippen LogP contribution in [0.5, 0.6) is 0 Å². The lowest BCUT2D eigenvalue weighted by atomic mass is 9.76. The van der Waals surface area contributed by atoms with E-state index in [4.69, 9.17) is 11.5 Å². The van der Waals surface area contributed by atoms with E-state index < -0.39 is 5.54 Å². The van der Waals surface area contributed by atoms with Crippen LogP contribution in [0.15, 0.2) is 182 Å². The van der Waals surface area contributed by atoms with Crippen LogP contribution in [0.3, 0.4) is 0 Å². The summed E-state index contributed by atoms with van der Waals surface area (Å²) in [6.07, 6.45) is 9.44. The molecule has 0 unspecified atom stereocenters. The van der Waals surface area contributed by atoms with Crippen molar-refractivity contribution in [2.24, 2.45) is 0 Å². The molecule has 0 bridgehead atoms. The molecule has 226 valence electrons. The molecule has 0 atom stereocenters. The molecule has 0 saturated heterocycles. The van der Waals surface area contributed by atoms with E-state index in [2.05, 4.69) is 169 Å². The van der Waals surface area contributed by atoms with Crippen LogP contribution in [0.1, 0.15) is 17.0 Å². The number of nitrogens with two attached hydrogens (primary N) is 2. The number of anilines is 4. The van der Waals surface area contributed by atoms with Gasteiger partial charge >= 0.3 is 0 Å². The Balaban J connectivity index is 1.48. The van der Waals surface area contributed by atoms with E-state index in [0.717, 1.165) is 33.8 Å². The Bertz CT molecular complexity index is 2180. The second-order valence-corrected chi connectivity index (χ2v) is 12.2. The topological polar surface area (TPSA) is 55.3 Å². The van der Waals surface area contributed by atoms with Gasteiger partial charge in [0.1, 0.15) is 5.54 Å². The highest BCUT2D eigenvalue weighted by Crippen LogP contribution is 2.51. The molecule has 0 heterocycles. The Labute approximate surface area is 275 Å². The lowest BCUT2D eigenvalue weighted by Crippen LogP contribution is -2.42. The van der Waals surface area contributed by atoms with E-state index >= 15 is 0 Å². The summed E-state index contributed by atoms with van der Waals surface area (Å²) in [6.45, 7) is 0. The molecule has 7 aromatic carbocycles. The molecule has 0 spiro atoms. The second-order valence-electron chi connectivity index (χ2n) is 12.2. The lowest BCUT2D eigenvalue weighted by molar-refractivity contribution is 0.667. The van der Waals surface area contributed by atoms with Crippen molar-refractivity contribution in [1.82, 2.24) is 0 Å². The smallest absolute Gasteiger partial charge is 0.108 e. The van der Waals surface area contributed by atoms with E-state index in [1.54, 1.807) is 0 Å². The maximum Gasteiger partial charge on any atom is 0.108 e. The molecular weight excluding hydrogens is 571 g/mol. The predicted octanol–water partition coefficient (Wildman–Crippen LogP) is 10.8. The molecule has 0 saturated carbocycles. The molecule has 0 fully saturated rings. The second kappa shape index (κ2) is 11.7. The van der Waals surface area contributed by atoms with Crippen molar-refractivity contribution in [3.63, 3.8) is 0 Å². The SMILES string of the molecule is Nc1ccc(-c2ccc(N)cc2C2(N(c3cccc4ccccc34)c3cccc4ccccc34)C=CC(c3ccccc3)C=C2)cc1. The van der Waals surface area contributed by atoms with E-state index in [1.165, 1.54) is 27.1 Å². The average molecular weight is 606 g/mol. The molecule has 1 aliphatic rings. The Morgan fingerprint density at radius 3 is 1.64 bits per heavy atom. The van der Waals surface area contributed by atoms with Gasteiger partial charge in [-0.2, -0.15) is 0 Å². The fraction of sp³-hybridized carbons (Fsp3) is 0.0455. The first-order valence-electron chi connectivity index (χ1n) is 16.1. The first kappa shape index (κ1) is 28.4. The number of allylic oxidation sites excluding steroid dienone is 2. The van der Waals surface area contributed by atoms with Gasteiger partial charge in [-0.25, -0.2) is 0 Å². The minimum Gasteiger partial charge on any atom is -0.399 e. The van der Waals surface area contributed by atoms with Gasteiger partial charge in [0.05, 0.1) is 11.4 Å². The lowest BCUT2D eigenvalue weighted by Gasteiger charge is -2.46. The van der Waals surface area contributed by atoms with Gasteiger partial charge in [-0.05, 0) is 69.4 Å². The van der Waals surface area contributed by atoms with Crippen molar-refractivity contribution < 1.29 is 0 Å². The van der Waals surface area contributed by atoms with E-state index in [0.29, 0.717) is 5.69 Å². The van der Waals surface area contributed by atoms with Crippen molar-refractivity contribution in [1.29, 1.82) is 0 Å². The van der Waals surface area contributed by atoms with Crippen LogP contribution in [0, 0.1) is 0 Å². The summed E-state index contributed by atoms with van der Waals surface area (Å²) in [6, 6.07) is 55.5. The number of hydrogen-bond donors (Lipinski definition) is 2. The van der Waals surface area contributed by atoms with E-state index in [-0.39, 0.29) is 5.92 Å². The zero-order valence-corrected chi connectivity index (χ0v) is 26.0. The number of nitrogen functional groups attached to an aromatic ring is 2. The molecule has 8 rings (SSSR count). The van der Waals surface area contributed by atoms with Crippen molar-refractivity contribution in [2.75, 3.05) is 16.4 Å². The minimum atomic E-state index is -0.758. The average Bonchev–Trinajstić information content (AvgIpc) is 3.13. The maximum absolute atomic E-state index is 6.69. The zero-order chi connectivity index (χ0) is 31.8. The van der Waals surface area contributed by atoms with Gasteiger partial charge in [-0.1, -0.05) is 146 Å². The summed E-state index contributed by atoms with van der Waals surface area (Å²) in [5.74, 6) is 0.132. The van der Waals surface area contributed by atoms with Crippen LogP contribution in [-0.2, 0) is 5.54 Å². The molecule has 0 aromatic heterocycles. The van der Waals surface area contributed by atoms with Gasteiger partial charge in [0.2, 0.25) is 0 Å². The quantitative estimate of drug-likeness (QED) is 0.146. The van der Waals surface area contributed by atoms with E-state index in [9.17, 15) is 0 Å². The highest BCUT2D eigenvalue weighted by molar-refractivity contribution is 6.03. The molecule has 4 N–H and O–H groups in total. The van der Waals surface area contributed by atoms with Gasteiger partial charge in [0.15, 0.2) is 0 Å². The number of rotatable bonds is 6. The number of hydrogen-bond acceptors (Lipinski definition) is 3. The Hall–Kier alpha value is -6.06. The molecule has 0 amide bonds. The van der Waals surface area contributed by atoms with Crippen molar-refractivity contribution >= 4 is 44.3 Å². The third kappa shape index (κ3) is 5.03. The predicted molar refractivity (Wildman–Crippen MR) is 200 cm³/mol. The summed E-state index contributed by atoms with van der Waals surface area (Å²) in [5, 5.41) is 4.71. The van der Waals surface area contributed by atoms with Crippen LogP contribution >= 0.6 is 0 Å². The third-order valence-electron chi connectivity index (χ3n) is 9.38. The van der Waals surface area contributed by atoms with Gasteiger partial charge in [-0.3, -0.25) is 0 Å². The summed E-state index contributed by atoms with van der Waals surface area (Å²) in [4.78, 5) is 2.52. The van der Waals surface area contributed by atoms with Gasteiger partial charge in [-0.15, -0.1) is 0 Å². The van der Waals surface area contributed by atoms with Crippen LogP contribution in [-0.4, -0.2) is 0 Å². The normalized spacial score (nSPS) is 17.2. The molecule has 0 radical (unpaired) electrons. The van der Waals surface area contributed by atoms with Gasteiger partial charge in [0.25, 0.3) is 0 Å². The number of fused-ring (bicyclic) bond motifs is 2. The maximum atomic E-state index is 6.69. The van der Waals surface area contributed by atoms with Crippen molar-refractivity contribution in [2.45, 2.75) is 11.5 Å².